The number of hydrogen-bond acceptors (Lipinski definition) is 8. The van der Waals surface area contributed by atoms with Crippen LogP contribution in [-0.4, -0.2) is 29.2 Å². The zero-order chi connectivity index (χ0) is 8.81. The Kier molecular flexibility index (Phi) is 3.97. The summed E-state index contributed by atoms with van der Waals surface area (Å²) in [5.74, 6) is 0. The highest BCUT2D eigenvalue weighted by atomic mass is 32.1. The molecule has 0 amide bonds. The summed E-state index contributed by atoms with van der Waals surface area (Å²) in [6.07, 6.45) is 1.39. The molecule has 0 saturated carbocycles. The molecule has 6 nitrogen and oxygen atoms in total. The molecule has 0 atom stereocenters. The van der Waals surface area contributed by atoms with Gasteiger partial charge >= 0.3 is 0 Å². The van der Waals surface area contributed by atoms with E-state index in [0.29, 0.717) is 5.03 Å². The van der Waals surface area contributed by atoms with Crippen molar-refractivity contribution >= 4 is 37.0 Å². The Labute approximate surface area is 83.1 Å². The molecule has 2 aromatic heterocycles. The molecule has 2 heterocycles. The fourth-order valence-electron chi connectivity index (χ4n) is 0.316. The molecule has 0 aliphatic rings. The van der Waals surface area contributed by atoms with E-state index < -0.39 is 0 Å². The molecule has 12 heavy (non-hydrogen) atoms. The fourth-order valence-corrected chi connectivity index (χ4v) is 0.968. The van der Waals surface area contributed by atoms with Crippen LogP contribution in [0, 0.1) is 0 Å². The Morgan fingerprint density at radius 3 is 2.50 bits per heavy atom. The van der Waals surface area contributed by atoms with E-state index in [0.717, 1.165) is 0 Å². The van der Waals surface area contributed by atoms with E-state index in [2.05, 4.69) is 50.6 Å². The molecule has 0 N–H and O–H groups in total. The van der Waals surface area contributed by atoms with E-state index >= 15 is 0 Å². The molecule has 0 radical (unpaired) electrons. The van der Waals surface area contributed by atoms with Gasteiger partial charge in [0.05, 0.1) is 0 Å². The Morgan fingerprint density at radius 1 is 1.50 bits per heavy atom. The van der Waals surface area contributed by atoms with Gasteiger partial charge in [0.15, 0.2) is 6.33 Å². The van der Waals surface area contributed by atoms with Gasteiger partial charge in [-0.2, -0.15) is 4.09 Å². The lowest BCUT2D eigenvalue weighted by molar-refractivity contribution is 0.857. The highest BCUT2D eigenvalue weighted by Crippen LogP contribution is 1.99. The molecule has 0 saturated heterocycles. The molecule has 2 rings (SSSR count). The van der Waals surface area contributed by atoms with E-state index in [1.54, 1.807) is 5.38 Å². The Morgan fingerprint density at radius 2 is 2.33 bits per heavy atom. The summed E-state index contributed by atoms with van der Waals surface area (Å²) in [6.45, 7) is 0. The minimum absolute atomic E-state index is 0.694. The normalized spacial score (nSPS) is 8.83. The molecule has 0 spiro atoms. The van der Waals surface area contributed by atoms with Crippen molar-refractivity contribution in [1.29, 1.82) is 0 Å². The number of thiol groups is 2. The van der Waals surface area contributed by atoms with Gasteiger partial charge in [0.2, 0.25) is 0 Å². The van der Waals surface area contributed by atoms with Crippen LogP contribution < -0.4 is 0 Å². The third-order valence-corrected chi connectivity index (χ3v) is 1.77. The zero-order valence-electron chi connectivity index (χ0n) is 5.64. The summed E-state index contributed by atoms with van der Waals surface area (Å²) in [7, 11) is 0. The third-order valence-electron chi connectivity index (χ3n) is 0.687. The fraction of sp³-hybridized carbons (Fsp3) is 0. The van der Waals surface area contributed by atoms with Gasteiger partial charge in [-0.3, -0.25) is 0 Å². The van der Waals surface area contributed by atoms with Crippen LogP contribution in [0.1, 0.15) is 0 Å². The van der Waals surface area contributed by atoms with Crippen LogP contribution in [0.5, 0.6) is 0 Å². The second-order valence-corrected chi connectivity index (χ2v) is 2.97. The SMILES string of the molecule is Sc1csnn1.Sn1cnnn1. The molecule has 0 bridgehead atoms. The number of hydrogen-bond donors (Lipinski definition) is 2. The molecule has 0 aromatic carbocycles. The Balaban J connectivity index is 0.000000120. The summed E-state index contributed by atoms with van der Waals surface area (Å²) in [4.78, 5) is 0. The number of aromatic nitrogens is 6. The first-order chi connectivity index (χ1) is 5.79. The second-order valence-electron chi connectivity index (χ2n) is 1.49. The van der Waals surface area contributed by atoms with Crippen LogP contribution in [0.3, 0.4) is 0 Å². The lowest BCUT2D eigenvalue weighted by atomic mass is 11.0. The summed E-state index contributed by atoms with van der Waals surface area (Å²) < 4.78 is 4.76. The second kappa shape index (κ2) is 5.06. The third kappa shape index (κ3) is 3.64. The summed E-state index contributed by atoms with van der Waals surface area (Å²) in [5.41, 5.74) is 0. The first kappa shape index (κ1) is 9.42. The molecular weight excluding hydrogens is 216 g/mol. The van der Waals surface area contributed by atoms with Crippen molar-refractivity contribution in [3.05, 3.63) is 11.7 Å². The van der Waals surface area contributed by atoms with Gasteiger partial charge in [-0.05, 0) is 34.8 Å². The molecule has 0 aliphatic heterocycles. The highest BCUT2D eigenvalue weighted by Gasteiger charge is 1.79. The number of nitrogens with zero attached hydrogens (tertiary/aromatic N) is 6. The van der Waals surface area contributed by atoms with Gasteiger partial charge in [-0.1, -0.05) is 4.49 Å². The smallest absolute Gasteiger partial charge is 0.150 e. The lowest BCUT2D eigenvalue weighted by Gasteiger charge is -1.69. The van der Waals surface area contributed by atoms with Crippen molar-refractivity contribution in [2.75, 3.05) is 0 Å². The van der Waals surface area contributed by atoms with Crippen molar-refractivity contribution in [1.82, 2.24) is 29.2 Å². The van der Waals surface area contributed by atoms with Gasteiger partial charge < -0.3 is 0 Å². The molecule has 0 fully saturated rings. The summed E-state index contributed by atoms with van der Waals surface area (Å²) >= 11 is 8.89. The molecule has 64 valence electrons. The van der Waals surface area contributed by atoms with Crippen molar-refractivity contribution in [3.63, 3.8) is 0 Å². The maximum Gasteiger partial charge on any atom is 0.150 e. The van der Waals surface area contributed by atoms with E-state index in [9.17, 15) is 0 Å². The average Bonchev–Trinajstić information content (AvgIpc) is 2.63. The molecule has 9 heteroatoms. The molecule has 0 unspecified atom stereocenters. The van der Waals surface area contributed by atoms with Gasteiger partial charge in [0, 0.05) is 5.38 Å². The van der Waals surface area contributed by atoms with Gasteiger partial charge in [-0.25, -0.2) is 0 Å². The monoisotopic (exact) mass is 220 g/mol. The zero-order valence-corrected chi connectivity index (χ0v) is 8.25. The maximum atomic E-state index is 3.87. The van der Waals surface area contributed by atoms with Crippen molar-refractivity contribution < 1.29 is 0 Å². The topological polar surface area (TPSA) is 69.4 Å². The number of rotatable bonds is 0. The van der Waals surface area contributed by atoms with Gasteiger partial charge in [-0.15, -0.1) is 22.8 Å². The predicted octanol–water partition coefficient (Wildman–Crippen LogP) is 0.193. The van der Waals surface area contributed by atoms with Crippen molar-refractivity contribution in [3.8, 4) is 0 Å². The van der Waals surface area contributed by atoms with E-state index in [1.165, 1.54) is 21.9 Å². The average molecular weight is 220 g/mol. The van der Waals surface area contributed by atoms with Crippen molar-refractivity contribution in [2.45, 2.75) is 5.03 Å². The van der Waals surface area contributed by atoms with E-state index in [4.69, 9.17) is 0 Å². The first-order valence-electron chi connectivity index (χ1n) is 2.67. The van der Waals surface area contributed by atoms with Gasteiger partial charge in [0.1, 0.15) is 5.03 Å². The van der Waals surface area contributed by atoms with Crippen LogP contribution in [0.4, 0.5) is 0 Å². The Bertz CT molecular complexity index is 257. The molecule has 2 aromatic rings. The quantitative estimate of drug-likeness (QED) is 0.620. The lowest BCUT2D eigenvalue weighted by Crippen LogP contribution is -1.77. The minimum atomic E-state index is 0.694. The van der Waals surface area contributed by atoms with E-state index in [1.807, 2.05) is 0 Å². The molecule has 0 aliphatic carbocycles. The van der Waals surface area contributed by atoms with Crippen LogP contribution in [-0.2, 0) is 0 Å². The van der Waals surface area contributed by atoms with E-state index in [-0.39, 0.29) is 0 Å². The number of tetrazole rings is 1. The standard InChI is InChI=1S/C2H2N2S2.CH2N4S/c5-2-1-6-4-3-2;6-5-1-2-3-4-5/h1,5H;1,6H. The van der Waals surface area contributed by atoms with Crippen LogP contribution >= 0.6 is 37.0 Å². The Hall–Kier alpha value is -0.670. The maximum absolute atomic E-state index is 3.87. The minimum Gasteiger partial charge on any atom is -0.177 e. The largest absolute Gasteiger partial charge is 0.177 e. The van der Waals surface area contributed by atoms with Crippen LogP contribution in [0.25, 0.3) is 0 Å². The predicted molar refractivity (Wildman–Crippen MR) is 49.4 cm³/mol. The van der Waals surface area contributed by atoms with Crippen molar-refractivity contribution in [2.24, 2.45) is 0 Å². The van der Waals surface area contributed by atoms with Crippen LogP contribution in [0.15, 0.2) is 16.7 Å². The highest BCUT2D eigenvalue weighted by molar-refractivity contribution is 7.80. The first-order valence-corrected chi connectivity index (χ1v) is 4.35. The molecular formula is C3H4N6S3. The summed E-state index contributed by atoms with van der Waals surface area (Å²) in [6, 6.07) is 0. The van der Waals surface area contributed by atoms with Gasteiger partial charge in [0.25, 0.3) is 0 Å². The summed E-state index contributed by atoms with van der Waals surface area (Å²) in [5, 5.41) is 15.9. The van der Waals surface area contributed by atoms with Crippen LogP contribution in [0.2, 0.25) is 0 Å².